The number of hydrogen-bond acceptors (Lipinski definition) is 9. The molecule has 1 aromatic carbocycles. The van der Waals surface area contributed by atoms with E-state index in [4.69, 9.17) is 22.8 Å². The quantitative estimate of drug-likeness (QED) is 0.192. The summed E-state index contributed by atoms with van der Waals surface area (Å²) in [5.74, 6) is 1.52. The maximum Gasteiger partial charge on any atom is 0.338 e. The van der Waals surface area contributed by atoms with Crippen molar-refractivity contribution in [1.29, 1.82) is 0 Å². The van der Waals surface area contributed by atoms with Gasteiger partial charge in [-0.1, -0.05) is 18.2 Å². The minimum atomic E-state index is -3.70. The number of pyridine rings is 1. The van der Waals surface area contributed by atoms with E-state index in [9.17, 15) is 9.13 Å². The fourth-order valence-corrected chi connectivity index (χ4v) is 8.94. The third-order valence-electron chi connectivity index (χ3n) is 5.14. The van der Waals surface area contributed by atoms with Crippen molar-refractivity contribution in [2.45, 2.75) is 59.4 Å². The van der Waals surface area contributed by atoms with Crippen LogP contribution in [0.5, 0.6) is 5.75 Å². The lowest BCUT2D eigenvalue weighted by molar-refractivity contribution is 0.141. The third-order valence-corrected chi connectivity index (χ3v) is 10.2. The SMILES string of the molecule is CCOP(=O)(OCC)C(CP(=O)(OC(C)C)OC(C)C)c1ccc(OCCN(C)c2ccccn2)cc1. The van der Waals surface area contributed by atoms with Crippen LogP contribution in [0.15, 0.2) is 48.7 Å². The summed E-state index contributed by atoms with van der Waals surface area (Å²) in [7, 11) is -5.39. The molecule has 0 saturated heterocycles. The van der Waals surface area contributed by atoms with Gasteiger partial charge in [-0.3, -0.25) is 9.13 Å². The van der Waals surface area contributed by atoms with E-state index in [1.807, 2.05) is 30.1 Å². The molecular weight excluding hydrogens is 514 g/mol. The zero-order chi connectivity index (χ0) is 27.5. The van der Waals surface area contributed by atoms with Crippen molar-refractivity contribution in [3.8, 4) is 5.75 Å². The Morgan fingerprint density at radius 3 is 1.97 bits per heavy atom. The van der Waals surface area contributed by atoms with E-state index in [0.29, 0.717) is 24.5 Å². The lowest BCUT2D eigenvalue weighted by Gasteiger charge is -2.31. The van der Waals surface area contributed by atoms with Gasteiger partial charge in [0, 0.05) is 13.2 Å². The van der Waals surface area contributed by atoms with Gasteiger partial charge in [0.1, 0.15) is 18.2 Å². The molecule has 0 spiro atoms. The van der Waals surface area contributed by atoms with Gasteiger partial charge < -0.3 is 27.7 Å². The van der Waals surface area contributed by atoms with Gasteiger partial charge >= 0.3 is 15.2 Å². The van der Waals surface area contributed by atoms with E-state index >= 15 is 0 Å². The molecule has 1 heterocycles. The fourth-order valence-electron chi connectivity index (χ4n) is 3.71. The van der Waals surface area contributed by atoms with Crippen LogP contribution in [-0.4, -0.2) is 56.8 Å². The second kappa shape index (κ2) is 15.0. The molecule has 0 radical (unpaired) electrons. The maximum atomic E-state index is 13.9. The van der Waals surface area contributed by atoms with Crippen molar-refractivity contribution in [2.75, 3.05) is 44.5 Å². The van der Waals surface area contributed by atoms with Crippen LogP contribution in [0.3, 0.4) is 0 Å². The van der Waals surface area contributed by atoms with Gasteiger partial charge in [0.2, 0.25) is 0 Å². The second-order valence-electron chi connectivity index (χ2n) is 9.02. The number of aromatic nitrogens is 1. The molecule has 1 aromatic heterocycles. The van der Waals surface area contributed by atoms with E-state index in [-0.39, 0.29) is 31.6 Å². The van der Waals surface area contributed by atoms with Gasteiger partial charge in [-0.25, -0.2) is 4.98 Å². The van der Waals surface area contributed by atoms with Gasteiger partial charge in [0.25, 0.3) is 0 Å². The first kappa shape index (κ1) is 31.5. The molecule has 0 aliphatic carbocycles. The molecule has 0 aliphatic heterocycles. The molecule has 1 atom stereocenters. The van der Waals surface area contributed by atoms with Crippen LogP contribution in [0.4, 0.5) is 5.82 Å². The van der Waals surface area contributed by atoms with Gasteiger partial charge in [-0.05, 0) is 71.4 Å². The lowest BCUT2D eigenvalue weighted by Crippen LogP contribution is -2.24. The zero-order valence-corrected chi connectivity index (χ0v) is 24.8. The van der Waals surface area contributed by atoms with Crippen LogP contribution < -0.4 is 9.64 Å². The van der Waals surface area contributed by atoms with Crippen molar-refractivity contribution >= 4 is 21.0 Å². The molecule has 2 rings (SSSR count). The van der Waals surface area contributed by atoms with E-state index < -0.39 is 20.9 Å². The topological polar surface area (TPSA) is 96.4 Å². The molecule has 0 fully saturated rings. The normalized spacial score (nSPS) is 13.2. The minimum absolute atomic E-state index is 0.143. The molecule has 9 nitrogen and oxygen atoms in total. The van der Waals surface area contributed by atoms with Crippen LogP contribution in [0.2, 0.25) is 0 Å². The molecule has 0 aliphatic rings. The van der Waals surface area contributed by atoms with Crippen LogP contribution in [0.25, 0.3) is 0 Å². The first-order valence-electron chi connectivity index (χ1n) is 12.7. The summed E-state index contributed by atoms with van der Waals surface area (Å²) in [5.41, 5.74) is -0.205. The van der Waals surface area contributed by atoms with E-state index in [1.165, 1.54) is 0 Å². The Hall–Kier alpha value is -1.73. The van der Waals surface area contributed by atoms with Crippen LogP contribution >= 0.6 is 15.2 Å². The number of hydrogen-bond donors (Lipinski definition) is 0. The molecule has 0 N–H and O–H groups in total. The molecule has 37 heavy (non-hydrogen) atoms. The number of anilines is 1. The molecule has 0 amide bonds. The fraction of sp³-hybridized carbons (Fsp3) is 0.577. The molecule has 1 unspecified atom stereocenters. The average Bonchev–Trinajstić information content (AvgIpc) is 2.83. The lowest BCUT2D eigenvalue weighted by atomic mass is 10.1. The summed E-state index contributed by atoms with van der Waals surface area (Å²) in [6, 6.07) is 12.9. The van der Waals surface area contributed by atoms with E-state index in [0.717, 1.165) is 5.82 Å². The molecule has 2 aromatic rings. The first-order valence-corrected chi connectivity index (χ1v) is 16.1. The summed E-state index contributed by atoms with van der Waals surface area (Å²) in [4.78, 5) is 6.34. The highest BCUT2D eigenvalue weighted by atomic mass is 31.2. The number of rotatable bonds is 17. The van der Waals surface area contributed by atoms with Crippen LogP contribution in [-0.2, 0) is 27.2 Å². The summed E-state index contributed by atoms with van der Waals surface area (Å²) < 4.78 is 56.4. The predicted molar refractivity (Wildman–Crippen MR) is 148 cm³/mol. The molecule has 11 heteroatoms. The van der Waals surface area contributed by atoms with Crippen molar-refractivity contribution in [1.82, 2.24) is 4.98 Å². The zero-order valence-electron chi connectivity index (χ0n) is 23.0. The Bertz CT molecular complexity index is 995. The summed E-state index contributed by atoms with van der Waals surface area (Å²) >= 11 is 0. The molecule has 0 saturated carbocycles. The first-order chi connectivity index (χ1) is 17.5. The van der Waals surface area contributed by atoms with Crippen LogP contribution in [0, 0.1) is 0 Å². The third kappa shape index (κ3) is 10.2. The monoisotopic (exact) mass is 556 g/mol. The Morgan fingerprint density at radius 2 is 1.49 bits per heavy atom. The van der Waals surface area contributed by atoms with E-state index in [2.05, 4.69) is 4.98 Å². The highest BCUT2D eigenvalue weighted by Gasteiger charge is 2.44. The largest absolute Gasteiger partial charge is 0.492 e. The van der Waals surface area contributed by atoms with Crippen molar-refractivity contribution in [2.24, 2.45) is 0 Å². The summed E-state index contributed by atoms with van der Waals surface area (Å²) in [6.45, 7) is 12.1. The number of benzene rings is 1. The standard InChI is InChI=1S/C26H42N2O7P2/c1-8-32-37(30,33-9-2)25(20-36(29,34-21(3)4)35-22(5)6)23-13-15-24(16-14-23)31-19-18-28(7)26-12-10-11-17-27-26/h10-17,21-22,25H,8-9,18-20H2,1-7H3. The predicted octanol–water partition coefficient (Wildman–Crippen LogP) is 6.95. The Labute approximate surface area is 221 Å². The van der Waals surface area contributed by atoms with Gasteiger partial charge in [-0.15, -0.1) is 0 Å². The minimum Gasteiger partial charge on any atom is -0.492 e. The summed E-state index contributed by atoms with van der Waals surface area (Å²) in [5, 5.41) is 0. The number of nitrogens with zero attached hydrogens (tertiary/aromatic N) is 2. The van der Waals surface area contributed by atoms with Crippen molar-refractivity contribution < 1.29 is 32.0 Å². The number of ether oxygens (including phenoxy) is 1. The highest BCUT2D eigenvalue weighted by molar-refractivity contribution is 7.58. The average molecular weight is 557 g/mol. The second-order valence-corrected chi connectivity index (χ2v) is 13.2. The van der Waals surface area contributed by atoms with Gasteiger partial charge in [0.05, 0.1) is 43.8 Å². The Balaban J connectivity index is 2.25. The Kier molecular flexibility index (Phi) is 12.8. The van der Waals surface area contributed by atoms with Gasteiger partial charge in [0.15, 0.2) is 0 Å². The highest BCUT2D eigenvalue weighted by Crippen LogP contribution is 2.67. The summed E-state index contributed by atoms with van der Waals surface area (Å²) in [6.07, 6.45) is 0.922. The Morgan fingerprint density at radius 1 is 0.892 bits per heavy atom. The smallest absolute Gasteiger partial charge is 0.338 e. The molecule has 0 bridgehead atoms. The van der Waals surface area contributed by atoms with Crippen molar-refractivity contribution in [3.63, 3.8) is 0 Å². The number of likely N-dealkylation sites (N-methyl/N-ethyl adjacent to an activating group) is 1. The maximum absolute atomic E-state index is 13.9. The van der Waals surface area contributed by atoms with Crippen LogP contribution in [0.1, 0.15) is 52.8 Å². The molecular formula is C26H42N2O7P2. The van der Waals surface area contributed by atoms with Crippen molar-refractivity contribution in [3.05, 3.63) is 54.2 Å². The van der Waals surface area contributed by atoms with Gasteiger partial charge in [-0.2, -0.15) is 0 Å². The molecule has 208 valence electrons. The van der Waals surface area contributed by atoms with E-state index in [1.54, 1.807) is 72.0 Å².